The summed E-state index contributed by atoms with van der Waals surface area (Å²) in [6.45, 7) is 0.0604. The van der Waals surface area contributed by atoms with Crippen LogP contribution in [0.5, 0.6) is 0 Å². The van der Waals surface area contributed by atoms with Gasteiger partial charge < -0.3 is 14.4 Å². The van der Waals surface area contributed by atoms with Crippen LogP contribution in [0.3, 0.4) is 0 Å². The molecular weight excluding hydrogens is 167 g/mol. The summed E-state index contributed by atoms with van der Waals surface area (Å²) < 4.78 is 10.1. The average Bonchev–Trinajstić information content (AvgIpc) is 2.21. The molecule has 1 aromatic carbocycles. The predicted octanol–water partition coefficient (Wildman–Crippen LogP) is 0.167. The lowest BCUT2D eigenvalue weighted by Gasteiger charge is -2.08. The Morgan fingerprint density at radius 1 is 1.15 bits per heavy atom. The molecule has 13 heavy (non-hydrogen) atoms. The maximum absolute atomic E-state index is 8.82. The van der Waals surface area contributed by atoms with E-state index in [2.05, 4.69) is 0 Å². The third-order valence-electron chi connectivity index (χ3n) is 1.86. The van der Waals surface area contributed by atoms with E-state index in [1.807, 2.05) is 24.3 Å². The lowest BCUT2D eigenvalue weighted by molar-refractivity contribution is 0.281. The first-order valence-electron chi connectivity index (χ1n) is 4.07. The first kappa shape index (κ1) is 10.2. The SMILES string of the molecule is COB(OC)c1ccc(CO)cc1. The van der Waals surface area contributed by atoms with Gasteiger partial charge in [0.1, 0.15) is 0 Å². The Balaban J connectivity index is 2.78. The van der Waals surface area contributed by atoms with Gasteiger partial charge >= 0.3 is 7.12 Å². The van der Waals surface area contributed by atoms with Crippen LogP contribution in [0.4, 0.5) is 0 Å². The largest absolute Gasteiger partial charge is 0.493 e. The smallest absolute Gasteiger partial charge is 0.410 e. The van der Waals surface area contributed by atoms with Crippen LogP contribution in [0.15, 0.2) is 24.3 Å². The van der Waals surface area contributed by atoms with Gasteiger partial charge in [0, 0.05) is 14.2 Å². The van der Waals surface area contributed by atoms with E-state index in [1.165, 1.54) is 0 Å². The minimum Gasteiger partial charge on any atom is -0.410 e. The molecule has 0 atom stereocenters. The first-order valence-corrected chi connectivity index (χ1v) is 4.07. The van der Waals surface area contributed by atoms with Crippen molar-refractivity contribution in [1.29, 1.82) is 0 Å². The van der Waals surface area contributed by atoms with Crippen molar-refractivity contribution in [3.05, 3.63) is 29.8 Å². The van der Waals surface area contributed by atoms with Crippen molar-refractivity contribution >= 4 is 12.6 Å². The Morgan fingerprint density at radius 2 is 1.69 bits per heavy atom. The first-order chi connectivity index (χ1) is 6.31. The van der Waals surface area contributed by atoms with Gasteiger partial charge in [-0.1, -0.05) is 24.3 Å². The minimum absolute atomic E-state index is 0.0604. The molecule has 0 aromatic heterocycles. The molecule has 1 N–H and O–H groups in total. The van der Waals surface area contributed by atoms with Crippen LogP contribution in [-0.2, 0) is 15.9 Å². The number of hydrogen-bond donors (Lipinski definition) is 1. The highest BCUT2D eigenvalue weighted by molar-refractivity contribution is 6.61. The van der Waals surface area contributed by atoms with Crippen molar-refractivity contribution in [2.45, 2.75) is 6.61 Å². The summed E-state index contributed by atoms with van der Waals surface area (Å²) in [4.78, 5) is 0. The molecule has 0 spiro atoms. The van der Waals surface area contributed by atoms with Crippen molar-refractivity contribution in [2.75, 3.05) is 14.2 Å². The fourth-order valence-corrected chi connectivity index (χ4v) is 1.15. The molecule has 1 rings (SSSR count). The average molecular weight is 180 g/mol. The van der Waals surface area contributed by atoms with Gasteiger partial charge in [0.25, 0.3) is 0 Å². The van der Waals surface area contributed by atoms with Gasteiger partial charge in [-0.3, -0.25) is 0 Å². The van der Waals surface area contributed by atoms with Crippen LogP contribution in [0, 0.1) is 0 Å². The molecule has 1 aromatic rings. The summed E-state index contributed by atoms with van der Waals surface area (Å²) in [5, 5.41) is 8.82. The molecule has 70 valence electrons. The van der Waals surface area contributed by atoms with Crippen molar-refractivity contribution in [1.82, 2.24) is 0 Å². The monoisotopic (exact) mass is 180 g/mol. The van der Waals surface area contributed by atoms with Gasteiger partial charge in [-0.05, 0) is 11.0 Å². The third-order valence-corrected chi connectivity index (χ3v) is 1.86. The minimum atomic E-state index is -0.326. The summed E-state index contributed by atoms with van der Waals surface area (Å²) in [5.74, 6) is 0. The molecule has 4 heteroatoms. The molecule has 0 aliphatic rings. The number of benzene rings is 1. The van der Waals surface area contributed by atoms with E-state index in [9.17, 15) is 0 Å². The lowest BCUT2D eigenvalue weighted by atomic mass is 9.79. The van der Waals surface area contributed by atoms with E-state index in [1.54, 1.807) is 14.2 Å². The molecule has 0 saturated heterocycles. The van der Waals surface area contributed by atoms with Gasteiger partial charge in [-0.15, -0.1) is 0 Å². The molecule has 0 amide bonds. The number of aliphatic hydroxyl groups is 1. The zero-order valence-corrected chi connectivity index (χ0v) is 7.86. The molecule has 0 radical (unpaired) electrons. The molecule has 0 saturated carbocycles. The second-order valence-electron chi connectivity index (χ2n) is 2.70. The second-order valence-corrected chi connectivity index (χ2v) is 2.70. The molecule has 0 heterocycles. The molecular formula is C9H13BO3. The van der Waals surface area contributed by atoms with Crippen LogP contribution in [0.25, 0.3) is 0 Å². The predicted molar refractivity (Wildman–Crippen MR) is 51.8 cm³/mol. The normalized spacial score (nSPS) is 10.1. The van der Waals surface area contributed by atoms with E-state index in [0.29, 0.717) is 0 Å². The van der Waals surface area contributed by atoms with E-state index in [4.69, 9.17) is 14.4 Å². The third kappa shape index (κ3) is 2.55. The van der Waals surface area contributed by atoms with Gasteiger partial charge in [0.2, 0.25) is 0 Å². The van der Waals surface area contributed by atoms with E-state index in [-0.39, 0.29) is 13.7 Å². The Kier molecular flexibility index (Phi) is 3.95. The molecule has 0 fully saturated rings. The Hall–Kier alpha value is -0.835. The summed E-state index contributed by atoms with van der Waals surface area (Å²) in [5.41, 5.74) is 1.83. The van der Waals surface area contributed by atoms with Crippen molar-refractivity contribution in [3.8, 4) is 0 Å². The van der Waals surface area contributed by atoms with Crippen LogP contribution >= 0.6 is 0 Å². The van der Waals surface area contributed by atoms with E-state index in [0.717, 1.165) is 11.0 Å². The zero-order valence-electron chi connectivity index (χ0n) is 7.86. The Morgan fingerprint density at radius 3 is 2.08 bits per heavy atom. The van der Waals surface area contributed by atoms with Crippen molar-refractivity contribution in [3.63, 3.8) is 0 Å². The molecule has 0 unspecified atom stereocenters. The fourth-order valence-electron chi connectivity index (χ4n) is 1.15. The maximum Gasteiger partial charge on any atom is 0.493 e. The van der Waals surface area contributed by atoms with Crippen molar-refractivity contribution in [2.24, 2.45) is 0 Å². The second kappa shape index (κ2) is 5.02. The summed E-state index contributed by atoms with van der Waals surface area (Å²) in [6.07, 6.45) is 0. The molecule has 0 aliphatic heterocycles. The van der Waals surface area contributed by atoms with Crippen molar-refractivity contribution < 1.29 is 14.4 Å². The Bertz CT molecular complexity index is 244. The van der Waals surface area contributed by atoms with Crippen LogP contribution in [0.1, 0.15) is 5.56 Å². The zero-order chi connectivity index (χ0) is 9.68. The summed E-state index contributed by atoms with van der Waals surface area (Å²) >= 11 is 0. The van der Waals surface area contributed by atoms with Gasteiger partial charge in [0.15, 0.2) is 0 Å². The molecule has 3 nitrogen and oxygen atoms in total. The van der Waals surface area contributed by atoms with E-state index < -0.39 is 0 Å². The molecule has 0 aliphatic carbocycles. The van der Waals surface area contributed by atoms with Crippen LogP contribution in [-0.4, -0.2) is 26.4 Å². The van der Waals surface area contributed by atoms with Gasteiger partial charge in [-0.2, -0.15) is 0 Å². The van der Waals surface area contributed by atoms with Crippen LogP contribution in [0.2, 0.25) is 0 Å². The standard InChI is InChI=1S/C9H13BO3/c1-12-10(13-2)9-5-3-8(7-11)4-6-9/h3-6,11H,7H2,1-2H3. The maximum atomic E-state index is 8.82. The highest BCUT2D eigenvalue weighted by Crippen LogP contribution is 1.97. The molecule has 0 bridgehead atoms. The lowest BCUT2D eigenvalue weighted by Crippen LogP contribution is -2.34. The summed E-state index contributed by atoms with van der Waals surface area (Å²) in [6, 6.07) is 7.45. The van der Waals surface area contributed by atoms with Gasteiger partial charge in [0.05, 0.1) is 6.61 Å². The number of rotatable bonds is 4. The fraction of sp³-hybridized carbons (Fsp3) is 0.333. The topological polar surface area (TPSA) is 38.7 Å². The Labute approximate surface area is 78.4 Å². The van der Waals surface area contributed by atoms with Crippen LogP contribution < -0.4 is 5.46 Å². The highest BCUT2D eigenvalue weighted by atomic mass is 16.6. The summed E-state index contributed by atoms with van der Waals surface area (Å²) in [7, 11) is 2.86. The van der Waals surface area contributed by atoms with E-state index >= 15 is 0 Å². The number of hydrogen-bond acceptors (Lipinski definition) is 3. The number of aliphatic hydroxyl groups excluding tert-OH is 1. The highest BCUT2D eigenvalue weighted by Gasteiger charge is 2.16. The van der Waals surface area contributed by atoms with Gasteiger partial charge in [-0.25, -0.2) is 0 Å². The quantitative estimate of drug-likeness (QED) is 0.671.